The van der Waals surface area contributed by atoms with Crippen molar-refractivity contribution >= 4 is 18.2 Å². The minimum atomic E-state index is -0.811. The Kier molecular flexibility index (Phi) is 10.8. The van der Waals surface area contributed by atoms with Gasteiger partial charge in [0.25, 0.3) is 0 Å². The van der Waals surface area contributed by atoms with E-state index < -0.39 is 22.1 Å². The number of phenols is 2. The molecule has 0 aromatic heterocycles. The first-order valence-corrected chi connectivity index (χ1v) is 8.37. The summed E-state index contributed by atoms with van der Waals surface area (Å²) in [6.07, 6.45) is 5.99. The molecule has 1 aliphatic rings. The summed E-state index contributed by atoms with van der Waals surface area (Å²) in [5.41, 5.74) is 0.0115. The van der Waals surface area contributed by atoms with Gasteiger partial charge in [-0.3, -0.25) is 14.9 Å². The van der Waals surface area contributed by atoms with Crippen LogP contribution in [0, 0.1) is 21.4 Å². The number of benzene rings is 1. The Morgan fingerprint density at radius 2 is 1.85 bits per heavy atom. The second-order valence-electron chi connectivity index (χ2n) is 5.31. The smallest absolute Gasteiger partial charge is 0.315 e. The largest absolute Gasteiger partial charge is 0.504 e. The quantitative estimate of drug-likeness (QED) is 0.278. The first-order chi connectivity index (χ1) is 12.4. The monoisotopic (exact) mass is 363 g/mol. The van der Waals surface area contributed by atoms with Gasteiger partial charge >= 0.3 is 5.69 Å². The zero-order valence-electron chi connectivity index (χ0n) is 15.3. The molecule has 1 fully saturated rings. The van der Waals surface area contributed by atoms with Gasteiger partial charge in [-0.25, -0.2) is 0 Å². The van der Waals surface area contributed by atoms with Crippen molar-refractivity contribution in [2.45, 2.75) is 40.0 Å². The lowest BCUT2D eigenvalue weighted by molar-refractivity contribution is -0.386. The van der Waals surface area contributed by atoms with Crippen LogP contribution in [0.15, 0.2) is 17.7 Å². The van der Waals surface area contributed by atoms with Crippen molar-refractivity contribution < 1.29 is 19.9 Å². The molecule has 26 heavy (non-hydrogen) atoms. The van der Waals surface area contributed by atoms with E-state index in [-0.39, 0.29) is 5.56 Å². The summed E-state index contributed by atoms with van der Waals surface area (Å²) < 4.78 is 0. The minimum Gasteiger partial charge on any atom is -0.504 e. The lowest BCUT2D eigenvalue weighted by atomic mass is 10.1. The van der Waals surface area contributed by atoms with E-state index in [1.54, 1.807) is 0 Å². The molecular weight excluding hydrogens is 338 g/mol. The number of nitrogens with zero attached hydrogens (tertiary/aromatic N) is 3. The maximum absolute atomic E-state index is 10.5. The van der Waals surface area contributed by atoms with Crippen molar-refractivity contribution in [3.05, 3.63) is 33.4 Å². The predicted octanol–water partition coefficient (Wildman–Crippen LogP) is 3.59. The number of phenolic OH excluding ortho intramolecular Hbond substituents is 2. The van der Waals surface area contributed by atoms with Crippen molar-refractivity contribution in [3.63, 3.8) is 0 Å². The van der Waals surface area contributed by atoms with Crippen LogP contribution < -0.4 is 0 Å². The molecule has 0 aliphatic carbocycles. The molecule has 1 saturated heterocycles. The first-order valence-electron chi connectivity index (χ1n) is 8.37. The molecule has 1 heterocycles. The molecule has 1 amide bonds. The summed E-state index contributed by atoms with van der Waals surface area (Å²) in [5.74, 6) is -1.37. The third kappa shape index (κ3) is 7.66. The topological polar surface area (TPSA) is 128 Å². The fourth-order valence-corrected chi connectivity index (χ4v) is 2.15. The van der Waals surface area contributed by atoms with Crippen molar-refractivity contribution in [1.82, 2.24) is 4.90 Å². The molecule has 1 aromatic rings. The van der Waals surface area contributed by atoms with Crippen molar-refractivity contribution in [1.29, 1.82) is 5.26 Å². The van der Waals surface area contributed by atoms with Crippen LogP contribution in [-0.4, -0.2) is 39.5 Å². The van der Waals surface area contributed by atoms with Gasteiger partial charge in [0.05, 0.1) is 11.0 Å². The molecule has 8 nitrogen and oxygen atoms in total. The molecule has 0 saturated carbocycles. The van der Waals surface area contributed by atoms with Gasteiger partial charge in [0.15, 0.2) is 5.75 Å². The van der Waals surface area contributed by atoms with E-state index in [0.717, 1.165) is 31.6 Å². The number of hydrogen-bond acceptors (Lipinski definition) is 6. The highest BCUT2D eigenvalue weighted by Gasteiger charge is 2.18. The molecule has 0 atom stereocenters. The third-order valence-electron chi connectivity index (χ3n) is 3.39. The number of piperidine rings is 1. The number of carbonyl (C=O) groups is 1. The summed E-state index contributed by atoms with van der Waals surface area (Å²) in [7, 11) is 0. The molecule has 8 heteroatoms. The van der Waals surface area contributed by atoms with E-state index in [0.29, 0.717) is 5.57 Å². The third-order valence-corrected chi connectivity index (χ3v) is 3.39. The van der Waals surface area contributed by atoms with Crippen LogP contribution in [0.5, 0.6) is 11.5 Å². The van der Waals surface area contributed by atoms with Crippen molar-refractivity contribution in [2.24, 2.45) is 0 Å². The van der Waals surface area contributed by atoms with Gasteiger partial charge in [-0.05, 0) is 43.9 Å². The number of likely N-dealkylation sites (tertiary alicyclic amines) is 1. The van der Waals surface area contributed by atoms with Crippen LogP contribution in [0.3, 0.4) is 0 Å². The van der Waals surface area contributed by atoms with Gasteiger partial charge < -0.3 is 15.1 Å². The molecular formula is C18H25N3O5. The average molecular weight is 363 g/mol. The lowest BCUT2D eigenvalue weighted by Crippen LogP contribution is -2.27. The fraction of sp³-hybridized carbons (Fsp3) is 0.444. The normalized spacial score (nSPS) is 13.3. The highest BCUT2D eigenvalue weighted by atomic mass is 16.6. The van der Waals surface area contributed by atoms with E-state index in [1.165, 1.54) is 32.3 Å². The Bertz CT molecular complexity index is 674. The summed E-state index contributed by atoms with van der Waals surface area (Å²) in [6.45, 7) is 7.47. The number of carbonyl (C=O) groups excluding carboxylic acids is 1. The number of amides is 1. The summed E-state index contributed by atoms with van der Waals surface area (Å²) in [6, 6.07) is 4.06. The molecule has 0 unspecified atom stereocenters. The number of nitriles is 1. The lowest BCUT2D eigenvalue weighted by Gasteiger charge is -2.21. The second kappa shape index (κ2) is 12.3. The molecule has 0 bridgehead atoms. The van der Waals surface area contributed by atoms with E-state index in [9.17, 15) is 25.1 Å². The zero-order chi connectivity index (χ0) is 20.1. The maximum atomic E-state index is 10.5. The summed E-state index contributed by atoms with van der Waals surface area (Å²) in [5, 5.41) is 37.5. The second-order valence-corrected chi connectivity index (χ2v) is 5.31. The molecule has 2 N–H and O–H groups in total. The van der Waals surface area contributed by atoms with Gasteiger partial charge in [-0.15, -0.1) is 0 Å². The van der Waals surface area contributed by atoms with Gasteiger partial charge in [0, 0.05) is 24.7 Å². The number of aromatic hydroxyl groups is 2. The molecule has 1 aliphatic heterocycles. The van der Waals surface area contributed by atoms with E-state index >= 15 is 0 Å². The van der Waals surface area contributed by atoms with Crippen molar-refractivity contribution in [3.8, 4) is 17.6 Å². The minimum absolute atomic E-state index is 0.279. The zero-order valence-corrected chi connectivity index (χ0v) is 15.3. The van der Waals surface area contributed by atoms with Crippen LogP contribution in [0.1, 0.15) is 45.6 Å². The van der Waals surface area contributed by atoms with Gasteiger partial charge in [-0.2, -0.15) is 5.26 Å². The molecule has 2 rings (SSSR count). The fourth-order valence-electron chi connectivity index (χ4n) is 2.15. The standard InChI is InChI=1S/C10H8N2O4.C6H11NO.C2H6/c1-6(5-11)2-7-3-8(12(15)16)10(14)9(13)4-7;8-6-7-4-2-1-3-5-7;1-2/h2-4,13-14H,1H3;6H,1-5H2;1-2H3/b6-2+;;. The molecule has 0 spiro atoms. The number of nitro groups is 1. The van der Waals surface area contributed by atoms with Gasteiger partial charge in [0.2, 0.25) is 12.2 Å². The average Bonchev–Trinajstić information content (AvgIpc) is 2.67. The molecule has 0 radical (unpaired) electrons. The number of allylic oxidation sites excluding steroid dienone is 1. The molecule has 1 aromatic carbocycles. The Balaban J connectivity index is 0.000000522. The number of nitro benzene ring substituents is 1. The van der Waals surface area contributed by atoms with E-state index in [1.807, 2.05) is 24.8 Å². The highest BCUT2D eigenvalue weighted by molar-refractivity contribution is 5.66. The highest BCUT2D eigenvalue weighted by Crippen LogP contribution is 2.36. The Hall–Kier alpha value is -3.08. The Labute approximate surface area is 153 Å². The van der Waals surface area contributed by atoms with E-state index in [2.05, 4.69) is 0 Å². The van der Waals surface area contributed by atoms with Gasteiger partial charge in [0.1, 0.15) is 0 Å². The van der Waals surface area contributed by atoms with Crippen molar-refractivity contribution in [2.75, 3.05) is 13.1 Å². The van der Waals surface area contributed by atoms with Crippen LogP contribution in [0.25, 0.3) is 6.08 Å². The number of hydrogen-bond donors (Lipinski definition) is 2. The Morgan fingerprint density at radius 1 is 1.27 bits per heavy atom. The van der Waals surface area contributed by atoms with Crippen LogP contribution in [-0.2, 0) is 4.79 Å². The van der Waals surface area contributed by atoms with Gasteiger partial charge in [-0.1, -0.05) is 13.8 Å². The SMILES string of the molecule is C/C(C#N)=C\c1cc(O)c(O)c([N+](=O)[O-])c1.CC.O=CN1CCCCC1. The van der Waals surface area contributed by atoms with E-state index in [4.69, 9.17) is 5.26 Å². The first kappa shape index (κ1) is 22.9. The summed E-state index contributed by atoms with van der Waals surface area (Å²) in [4.78, 5) is 21.6. The predicted molar refractivity (Wildman–Crippen MR) is 98.5 cm³/mol. The van der Waals surface area contributed by atoms with Crippen LogP contribution in [0.4, 0.5) is 5.69 Å². The number of rotatable bonds is 3. The molecule has 142 valence electrons. The Morgan fingerprint density at radius 3 is 2.27 bits per heavy atom. The summed E-state index contributed by atoms with van der Waals surface area (Å²) >= 11 is 0. The maximum Gasteiger partial charge on any atom is 0.315 e. The van der Waals surface area contributed by atoms with Crippen LogP contribution in [0.2, 0.25) is 0 Å². The van der Waals surface area contributed by atoms with Crippen LogP contribution >= 0.6 is 0 Å².